The SMILES string of the molecule is CCc1cc(-c2ccc3c(c2)NC(Nc2ccccc2)O3)ccc1NC=O. The van der Waals surface area contributed by atoms with Crippen LogP contribution in [0.3, 0.4) is 0 Å². The third-order valence-electron chi connectivity index (χ3n) is 4.62. The van der Waals surface area contributed by atoms with Crippen molar-refractivity contribution in [1.82, 2.24) is 0 Å². The molecular formula is C22H21N3O2. The lowest BCUT2D eigenvalue weighted by Crippen LogP contribution is -2.29. The van der Waals surface area contributed by atoms with Gasteiger partial charge < -0.3 is 20.7 Å². The number of hydrogen-bond donors (Lipinski definition) is 3. The molecule has 27 heavy (non-hydrogen) atoms. The summed E-state index contributed by atoms with van der Waals surface area (Å²) in [5.74, 6) is 0.821. The Labute approximate surface area is 158 Å². The Balaban J connectivity index is 1.55. The van der Waals surface area contributed by atoms with Crippen LogP contribution in [0, 0.1) is 0 Å². The van der Waals surface area contributed by atoms with Crippen molar-refractivity contribution in [3.05, 3.63) is 72.3 Å². The maximum atomic E-state index is 10.7. The van der Waals surface area contributed by atoms with Gasteiger partial charge in [0.15, 0.2) is 0 Å². The molecule has 0 saturated heterocycles. The van der Waals surface area contributed by atoms with Gasteiger partial charge in [0.05, 0.1) is 5.69 Å². The highest BCUT2D eigenvalue weighted by atomic mass is 16.5. The number of benzene rings is 3. The molecule has 4 rings (SSSR count). The van der Waals surface area contributed by atoms with E-state index in [0.717, 1.165) is 45.9 Å². The normalized spacial score (nSPS) is 14.6. The van der Waals surface area contributed by atoms with E-state index in [4.69, 9.17) is 4.74 Å². The van der Waals surface area contributed by atoms with Crippen LogP contribution in [0.1, 0.15) is 12.5 Å². The number of carbonyl (C=O) groups is 1. The quantitative estimate of drug-likeness (QED) is 0.559. The Morgan fingerprint density at radius 3 is 2.59 bits per heavy atom. The van der Waals surface area contributed by atoms with Gasteiger partial charge in [0.1, 0.15) is 5.75 Å². The van der Waals surface area contributed by atoms with Gasteiger partial charge in [-0.05, 0) is 59.5 Å². The minimum Gasteiger partial charge on any atom is -0.450 e. The summed E-state index contributed by atoms with van der Waals surface area (Å²) >= 11 is 0. The molecule has 1 unspecified atom stereocenters. The summed E-state index contributed by atoms with van der Waals surface area (Å²) in [7, 11) is 0. The predicted octanol–water partition coefficient (Wildman–Crippen LogP) is 4.68. The lowest BCUT2D eigenvalue weighted by molar-refractivity contribution is -0.105. The van der Waals surface area contributed by atoms with Gasteiger partial charge in [0.2, 0.25) is 12.8 Å². The van der Waals surface area contributed by atoms with E-state index in [1.54, 1.807) is 0 Å². The highest BCUT2D eigenvalue weighted by molar-refractivity contribution is 5.79. The van der Waals surface area contributed by atoms with Crippen LogP contribution in [-0.2, 0) is 11.2 Å². The molecule has 0 saturated carbocycles. The van der Waals surface area contributed by atoms with E-state index in [-0.39, 0.29) is 6.35 Å². The first-order valence-electron chi connectivity index (χ1n) is 8.99. The van der Waals surface area contributed by atoms with Crippen molar-refractivity contribution in [1.29, 1.82) is 0 Å². The summed E-state index contributed by atoms with van der Waals surface area (Å²) in [5.41, 5.74) is 6.10. The predicted molar refractivity (Wildman–Crippen MR) is 109 cm³/mol. The van der Waals surface area contributed by atoms with Crippen LogP contribution in [0.5, 0.6) is 5.75 Å². The number of rotatable bonds is 6. The number of ether oxygens (including phenoxy) is 1. The van der Waals surface area contributed by atoms with E-state index in [9.17, 15) is 4.79 Å². The van der Waals surface area contributed by atoms with Crippen LogP contribution >= 0.6 is 0 Å². The van der Waals surface area contributed by atoms with Crippen molar-refractivity contribution in [2.45, 2.75) is 19.7 Å². The molecule has 1 aliphatic rings. The Morgan fingerprint density at radius 1 is 1.04 bits per heavy atom. The number of anilines is 3. The number of nitrogens with one attached hydrogen (secondary N) is 3. The van der Waals surface area contributed by atoms with Gasteiger partial charge in [0, 0.05) is 11.4 Å². The zero-order valence-electron chi connectivity index (χ0n) is 15.0. The molecule has 0 radical (unpaired) electrons. The smallest absolute Gasteiger partial charge is 0.248 e. The highest BCUT2D eigenvalue weighted by Crippen LogP contribution is 2.36. The van der Waals surface area contributed by atoms with Crippen LogP contribution in [0.25, 0.3) is 11.1 Å². The molecule has 0 bridgehead atoms. The molecule has 1 amide bonds. The monoisotopic (exact) mass is 359 g/mol. The Hall–Kier alpha value is -3.47. The lowest BCUT2D eigenvalue weighted by atomic mass is 10.00. The second kappa shape index (κ2) is 7.41. The molecule has 5 nitrogen and oxygen atoms in total. The van der Waals surface area contributed by atoms with E-state index in [0.29, 0.717) is 6.41 Å². The van der Waals surface area contributed by atoms with Crippen molar-refractivity contribution in [2.24, 2.45) is 0 Å². The fourth-order valence-electron chi connectivity index (χ4n) is 3.24. The van der Waals surface area contributed by atoms with E-state index >= 15 is 0 Å². The Morgan fingerprint density at radius 2 is 1.81 bits per heavy atom. The topological polar surface area (TPSA) is 62.4 Å². The molecule has 1 atom stereocenters. The van der Waals surface area contributed by atoms with Crippen molar-refractivity contribution in [3.63, 3.8) is 0 Å². The third kappa shape index (κ3) is 3.58. The minimum absolute atomic E-state index is 0.303. The molecular weight excluding hydrogens is 338 g/mol. The molecule has 3 aromatic carbocycles. The lowest BCUT2D eigenvalue weighted by Gasteiger charge is -2.14. The van der Waals surface area contributed by atoms with E-state index in [1.807, 2.05) is 54.6 Å². The largest absolute Gasteiger partial charge is 0.450 e. The maximum absolute atomic E-state index is 10.7. The molecule has 3 aromatic rings. The summed E-state index contributed by atoms with van der Waals surface area (Å²) in [6.07, 6.45) is 1.26. The van der Waals surface area contributed by atoms with Crippen molar-refractivity contribution >= 4 is 23.5 Å². The van der Waals surface area contributed by atoms with E-state index < -0.39 is 0 Å². The second-order valence-corrected chi connectivity index (χ2v) is 6.35. The maximum Gasteiger partial charge on any atom is 0.248 e. The van der Waals surface area contributed by atoms with Crippen LogP contribution < -0.4 is 20.7 Å². The average molecular weight is 359 g/mol. The first-order valence-corrected chi connectivity index (χ1v) is 8.99. The summed E-state index contributed by atoms with van der Waals surface area (Å²) in [6.45, 7) is 2.08. The minimum atomic E-state index is -0.303. The van der Waals surface area contributed by atoms with Gasteiger partial charge in [-0.25, -0.2) is 0 Å². The molecule has 1 aliphatic heterocycles. The zero-order valence-corrected chi connectivity index (χ0v) is 15.0. The average Bonchev–Trinajstić information content (AvgIpc) is 3.10. The summed E-state index contributed by atoms with van der Waals surface area (Å²) in [6, 6.07) is 22.1. The molecule has 0 aromatic heterocycles. The van der Waals surface area contributed by atoms with Crippen LogP contribution in [0.2, 0.25) is 0 Å². The van der Waals surface area contributed by atoms with Gasteiger partial charge in [-0.15, -0.1) is 0 Å². The number of fused-ring (bicyclic) bond motifs is 1. The fourth-order valence-corrected chi connectivity index (χ4v) is 3.24. The molecule has 5 heteroatoms. The van der Waals surface area contributed by atoms with Crippen LogP contribution in [0.15, 0.2) is 66.7 Å². The number of aryl methyl sites for hydroxylation is 1. The molecule has 0 aliphatic carbocycles. The van der Waals surface area contributed by atoms with Crippen molar-refractivity contribution < 1.29 is 9.53 Å². The molecule has 3 N–H and O–H groups in total. The standard InChI is InChI=1S/C22H21N3O2/c1-2-15-12-16(8-10-19(15)23-14-26)17-9-11-21-20(13-17)25-22(27-21)24-18-6-4-3-5-7-18/h3-14,22,24-25H,2H2,1H3,(H,23,26). The number of hydrogen-bond acceptors (Lipinski definition) is 4. The number of carbonyl (C=O) groups excluding carboxylic acids is 1. The van der Waals surface area contributed by atoms with Crippen LogP contribution in [0.4, 0.5) is 17.1 Å². The van der Waals surface area contributed by atoms with Gasteiger partial charge in [-0.1, -0.05) is 37.3 Å². The van der Waals surface area contributed by atoms with Crippen molar-refractivity contribution in [2.75, 3.05) is 16.0 Å². The number of para-hydroxylation sites is 1. The fraction of sp³-hybridized carbons (Fsp3) is 0.136. The van der Waals surface area contributed by atoms with E-state index in [1.165, 1.54) is 0 Å². The summed E-state index contributed by atoms with van der Waals surface area (Å²) in [4.78, 5) is 10.7. The van der Waals surface area contributed by atoms with Gasteiger partial charge in [-0.2, -0.15) is 0 Å². The first-order chi connectivity index (χ1) is 13.3. The molecule has 0 spiro atoms. The Bertz CT molecular complexity index is 957. The second-order valence-electron chi connectivity index (χ2n) is 6.35. The molecule has 1 heterocycles. The Kier molecular flexibility index (Phi) is 4.66. The summed E-state index contributed by atoms with van der Waals surface area (Å²) < 4.78 is 5.93. The van der Waals surface area contributed by atoms with Crippen LogP contribution in [-0.4, -0.2) is 12.8 Å². The van der Waals surface area contributed by atoms with Gasteiger partial charge in [-0.3, -0.25) is 4.79 Å². The highest BCUT2D eigenvalue weighted by Gasteiger charge is 2.22. The summed E-state index contributed by atoms with van der Waals surface area (Å²) in [5, 5.41) is 9.43. The number of amides is 1. The zero-order chi connectivity index (χ0) is 18.6. The van der Waals surface area contributed by atoms with E-state index in [2.05, 4.69) is 35.0 Å². The van der Waals surface area contributed by atoms with Gasteiger partial charge >= 0.3 is 0 Å². The molecule has 0 fully saturated rings. The molecule has 136 valence electrons. The van der Waals surface area contributed by atoms with Gasteiger partial charge in [0.25, 0.3) is 0 Å². The first kappa shape index (κ1) is 17.0. The third-order valence-corrected chi connectivity index (χ3v) is 4.62. The van der Waals surface area contributed by atoms with Crippen molar-refractivity contribution in [3.8, 4) is 16.9 Å².